The first-order valence-electron chi connectivity index (χ1n) is 4.96. The molecule has 0 aromatic carbocycles. The zero-order chi connectivity index (χ0) is 10.8. The Labute approximate surface area is 87.4 Å². The van der Waals surface area contributed by atoms with Crippen LogP contribution in [-0.4, -0.2) is 41.1 Å². The molecule has 0 aliphatic carbocycles. The molecule has 15 heavy (non-hydrogen) atoms. The van der Waals surface area contributed by atoms with E-state index in [1.54, 1.807) is 0 Å². The van der Waals surface area contributed by atoms with Crippen molar-refractivity contribution in [2.24, 2.45) is 0 Å². The first kappa shape index (κ1) is 10.1. The minimum Gasteiger partial charge on any atom is -0.464 e. The van der Waals surface area contributed by atoms with E-state index in [4.69, 9.17) is 0 Å². The number of rotatable bonds is 2. The van der Waals surface area contributed by atoms with Crippen molar-refractivity contribution in [1.29, 1.82) is 0 Å². The second-order valence-electron chi connectivity index (χ2n) is 3.69. The van der Waals surface area contributed by atoms with Crippen LogP contribution in [0, 0.1) is 0 Å². The van der Waals surface area contributed by atoms with Gasteiger partial charge >= 0.3 is 5.97 Å². The number of carbonyl (C=O) groups excluding carboxylic acids is 1. The number of hydrogen-bond acceptors (Lipinski definition) is 5. The summed E-state index contributed by atoms with van der Waals surface area (Å²) in [5.41, 5.74) is 1.01. The summed E-state index contributed by atoms with van der Waals surface area (Å²) in [5.74, 6) is -0.198. The van der Waals surface area contributed by atoms with E-state index < -0.39 is 5.97 Å². The SMILES string of the molecule is COC(=O)c1n[nH]nc1C1CCNC1C. The molecule has 2 rings (SSSR count). The molecule has 2 N–H and O–H groups in total. The highest BCUT2D eigenvalue weighted by atomic mass is 16.5. The first-order chi connectivity index (χ1) is 7.24. The largest absolute Gasteiger partial charge is 0.464 e. The minimum absolute atomic E-state index is 0.234. The Morgan fingerprint density at radius 3 is 2.93 bits per heavy atom. The van der Waals surface area contributed by atoms with Gasteiger partial charge in [-0.15, -0.1) is 5.10 Å². The van der Waals surface area contributed by atoms with Gasteiger partial charge in [0.2, 0.25) is 0 Å². The summed E-state index contributed by atoms with van der Waals surface area (Å²) in [6, 6.07) is 0.318. The molecule has 0 amide bonds. The Morgan fingerprint density at radius 2 is 2.33 bits per heavy atom. The fraction of sp³-hybridized carbons (Fsp3) is 0.667. The Kier molecular flexibility index (Phi) is 2.68. The number of aromatic amines is 1. The molecular weight excluding hydrogens is 196 g/mol. The zero-order valence-corrected chi connectivity index (χ0v) is 8.78. The Bertz CT molecular complexity index is 363. The quantitative estimate of drug-likeness (QED) is 0.674. The maximum absolute atomic E-state index is 11.4. The third kappa shape index (κ3) is 1.72. The van der Waals surface area contributed by atoms with Gasteiger partial charge in [-0.05, 0) is 19.9 Å². The third-order valence-electron chi connectivity index (χ3n) is 2.83. The van der Waals surface area contributed by atoms with Gasteiger partial charge in [0.25, 0.3) is 0 Å². The lowest BCUT2D eigenvalue weighted by Crippen LogP contribution is -2.23. The second kappa shape index (κ2) is 3.98. The smallest absolute Gasteiger partial charge is 0.360 e. The van der Waals surface area contributed by atoms with E-state index in [9.17, 15) is 4.79 Å². The zero-order valence-electron chi connectivity index (χ0n) is 8.78. The van der Waals surface area contributed by atoms with Gasteiger partial charge in [-0.3, -0.25) is 0 Å². The van der Waals surface area contributed by atoms with Crippen LogP contribution in [0.15, 0.2) is 0 Å². The molecule has 2 atom stereocenters. The summed E-state index contributed by atoms with van der Waals surface area (Å²) in [6.07, 6.45) is 0.970. The standard InChI is InChI=1S/C9H14N4O2/c1-5-6(3-4-10-5)7-8(9(14)15-2)12-13-11-7/h5-6,10H,3-4H2,1-2H3,(H,11,12,13). The average Bonchev–Trinajstić information content (AvgIpc) is 2.84. The summed E-state index contributed by atoms with van der Waals surface area (Å²) in [6.45, 7) is 3.02. The summed E-state index contributed by atoms with van der Waals surface area (Å²) in [7, 11) is 1.34. The number of methoxy groups -OCH3 is 1. The van der Waals surface area contributed by atoms with Crippen LogP contribution in [0.5, 0.6) is 0 Å². The summed E-state index contributed by atoms with van der Waals surface area (Å²) < 4.78 is 4.65. The van der Waals surface area contributed by atoms with Crippen LogP contribution in [0.2, 0.25) is 0 Å². The van der Waals surface area contributed by atoms with Gasteiger partial charge in [-0.1, -0.05) is 0 Å². The molecule has 0 saturated carbocycles. The number of aromatic nitrogens is 3. The highest BCUT2D eigenvalue weighted by Crippen LogP contribution is 2.27. The Balaban J connectivity index is 2.28. The molecule has 1 aromatic rings. The fourth-order valence-electron chi connectivity index (χ4n) is 1.98. The van der Waals surface area contributed by atoms with E-state index in [0.29, 0.717) is 17.4 Å². The van der Waals surface area contributed by atoms with Gasteiger partial charge in [-0.2, -0.15) is 10.3 Å². The van der Waals surface area contributed by atoms with Crippen molar-refractivity contribution >= 4 is 5.97 Å². The van der Waals surface area contributed by atoms with Gasteiger partial charge in [0.1, 0.15) is 5.69 Å². The lowest BCUT2D eigenvalue weighted by molar-refractivity contribution is 0.0592. The first-order valence-corrected chi connectivity index (χ1v) is 4.96. The van der Waals surface area contributed by atoms with Gasteiger partial charge in [-0.25, -0.2) is 4.79 Å². The van der Waals surface area contributed by atoms with E-state index in [1.165, 1.54) is 7.11 Å². The average molecular weight is 210 g/mol. The van der Waals surface area contributed by atoms with Crippen LogP contribution in [0.1, 0.15) is 35.4 Å². The van der Waals surface area contributed by atoms with E-state index in [2.05, 4.69) is 32.4 Å². The third-order valence-corrected chi connectivity index (χ3v) is 2.83. The predicted molar refractivity (Wildman–Crippen MR) is 52.5 cm³/mol. The molecule has 1 saturated heterocycles. The van der Waals surface area contributed by atoms with E-state index >= 15 is 0 Å². The summed E-state index contributed by atoms with van der Waals surface area (Å²) in [5, 5.41) is 13.7. The molecule has 1 aromatic heterocycles. The number of nitrogens with zero attached hydrogens (tertiary/aromatic N) is 2. The van der Waals surface area contributed by atoms with Crippen molar-refractivity contribution in [3.8, 4) is 0 Å². The summed E-state index contributed by atoms with van der Waals surface area (Å²) in [4.78, 5) is 11.4. The molecule has 1 fully saturated rings. The van der Waals surface area contributed by atoms with Crippen LogP contribution in [-0.2, 0) is 4.74 Å². The lowest BCUT2D eigenvalue weighted by Gasteiger charge is -2.12. The number of nitrogens with one attached hydrogen (secondary N) is 2. The topological polar surface area (TPSA) is 79.9 Å². The normalized spacial score (nSPS) is 25.5. The maximum Gasteiger partial charge on any atom is 0.360 e. The monoisotopic (exact) mass is 210 g/mol. The van der Waals surface area contributed by atoms with Gasteiger partial charge in [0.05, 0.1) is 7.11 Å². The van der Waals surface area contributed by atoms with Crippen molar-refractivity contribution in [3.63, 3.8) is 0 Å². The summed E-state index contributed by atoms with van der Waals surface area (Å²) >= 11 is 0. The molecule has 0 bridgehead atoms. The van der Waals surface area contributed by atoms with Gasteiger partial charge in [0, 0.05) is 12.0 Å². The number of H-pyrrole nitrogens is 1. The molecular formula is C9H14N4O2. The van der Waals surface area contributed by atoms with Crippen LogP contribution in [0.3, 0.4) is 0 Å². The Hall–Kier alpha value is -1.43. The number of ether oxygens (including phenoxy) is 1. The second-order valence-corrected chi connectivity index (χ2v) is 3.69. The van der Waals surface area contributed by atoms with Crippen molar-refractivity contribution in [2.75, 3.05) is 13.7 Å². The van der Waals surface area contributed by atoms with Crippen LogP contribution < -0.4 is 5.32 Å². The van der Waals surface area contributed by atoms with Crippen LogP contribution >= 0.6 is 0 Å². The maximum atomic E-state index is 11.4. The molecule has 2 unspecified atom stereocenters. The van der Waals surface area contributed by atoms with E-state index in [1.807, 2.05) is 0 Å². The fourth-order valence-corrected chi connectivity index (χ4v) is 1.98. The minimum atomic E-state index is -0.433. The van der Waals surface area contributed by atoms with Crippen molar-refractivity contribution in [3.05, 3.63) is 11.4 Å². The van der Waals surface area contributed by atoms with Gasteiger partial charge < -0.3 is 10.1 Å². The van der Waals surface area contributed by atoms with Crippen molar-refractivity contribution in [1.82, 2.24) is 20.7 Å². The van der Waals surface area contributed by atoms with Gasteiger partial charge in [0.15, 0.2) is 5.69 Å². The molecule has 1 aliphatic heterocycles. The number of esters is 1. The molecule has 0 spiro atoms. The van der Waals surface area contributed by atoms with Crippen molar-refractivity contribution in [2.45, 2.75) is 25.3 Å². The molecule has 82 valence electrons. The lowest BCUT2D eigenvalue weighted by atomic mass is 9.96. The van der Waals surface area contributed by atoms with Crippen LogP contribution in [0.4, 0.5) is 0 Å². The molecule has 0 radical (unpaired) electrons. The number of carbonyl (C=O) groups is 1. The van der Waals surface area contributed by atoms with Crippen LogP contribution in [0.25, 0.3) is 0 Å². The highest BCUT2D eigenvalue weighted by molar-refractivity contribution is 5.88. The van der Waals surface area contributed by atoms with E-state index in [0.717, 1.165) is 13.0 Å². The van der Waals surface area contributed by atoms with E-state index in [-0.39, 0.29) is 5.92 Å². The number of hydrogen-bond donors (Lipinski definition) is 2. The predicted octanol–water partition coefficient (Wildman–Crippen LogP) is 0.0567. The molecule has 6 heteroatoms. The highest BCUT2D eigenvalue weighted by Gasteiger charge is 2.31. The molecule has 1 aliphatic rings. The Morgan fingerprint density at radius 1 is 1.53 bits per heavy atom. The molecule has 6 nitrogen and oxygen atoms in total. The van der Waals surface area contributed by atoms with Crippen molar-refractivity contribution < 1.29 is 9.53 Å². The molecule has 2 heterocycles.